The molecule has 0 aliphatic heterocycles. The third-order valence-corrected chi connectivity index (χ3v) is 16.7. The minimum Gasteiger partial charge on any atom is -0.411 e. The maximum Gasteiger partial charge on any atom is 0.192 e. The Hall–Kier alpha value is 0.491. The molecule has 1 rings (SSSR count). The highest BCUT2D eigenvalue weighted by molar-refractivity contribution is 6.74. The standard InChI is InChI=1S/C21H48O4Si3/c1-20(2,3)27(10,11)23-17-14-16(22)15-18(19(17)25-26(7,8)9)24-28(12,13)21(4,5)6/h16-19,22H,14-15H2,1-13H3. The minimum absolute atomic E-state index is 0.0988. The lowest BCUT2D eigenvalue weighted by Crippen LogP contribution is -2.60. The Balaban J connectivity index is 3.23. The van der Waals surface area contributed by atoms with Crippen molar-refractivity contribution in [3.8, 4) is 0 Å². The molecule has 7 heteroatoms. The molecule has 1 saturated carbocycles. The van der Waals surface area contributed by atoms with Crippen molar-refractivity contribution in [1.29, 1.82) is 0 Å². The van der Waals surface area contributed by atoms with Crippen LogP contribution in [0.3, 0.4) is 0 Å². The first-order valence-corrected chi connectivity index (χ1v) is 20.1. The average molecular weight is 449 g/mol. The topological polar surface area (TPSA) is 47.9 Å². The predicted molar refractivity (Wildman–Crippen MR) is 128 cm³/mol. The van der Waals surface area contributed by atoms with Crippen molar-refractivity contribution in [2.75, 3.05) is 0 Å². The average Bonchev–Trinajstić information content (AvgIpc) is 2.38. The first-order valence-electron chi connectivity index (χ1n) is 10.9. The second-order valence-electron chi connectivity index (χ2n) is 12.7. The maximum absolute atomic E-state index is 10.7. The van der Waals surface area contributed by atoms with E-state index in [-0.39, 0.29) is 28.4 Å². The zero-order chi connectivity index (χ0) is 22.3. The van der Waals surface area contributed by atoms with E-state index in [4.69, 9.17) is 13.3 Å². The Morgan fingerprint density at radius 3 is 1.21 bits per heavy atom. The largest absolute Gasteiger partial charge is 0.411 e. The van der Waals surface area contributed by atoms with Crippen molar-refractivity contribution < 1.29 is 18.4 Å². The molecule has 4 nitrogen and oxygen atoms in total. The predicted octanol–water partition coefficient (Wildman–Crippen LogP) is 6.14. The van der Waals surface area contributed by atoms with E-state index in [1.165, 1.54) is 0 Å². The first-order chi connectivity index (χ1) is 12.2. The molecule has 2 unspecified atom stereocenters. The summed E-state index contributed by atoms with van der Waals surface area (Å²) in [5, 5.41) is 10.9. The van der Waals surface area contributed by atoms with Gasteiger partial charge in [0.05, 0.1) is 24.4 Å². The number of hydrogen-bond acceptors (Lipinski definition) is 4. The molecular formula is C21H48O4Si3. The molecule has 1 aliphatic rings. The van der Waals surface area contributed by atoms with Crippen LogP contribution in [-0.4, -0.2) is 54.5 Å². The maximum atomic E-state index is 10.7. The minimum atomic E-state index is -1.98. The Bertz CT molecular complexity index is 477. The van der Waals surface area contributed by atoms with E-state index in [1.54, 1.807) is 0 Å². The van der Waals surface area contributed by atoms with E-state index in [2.05, 4.69) is 87.4 Å². The third-order valence-electron chi connectivity index (χ3n) is 6.74. The van der Waals surface area contributed by atoms with Crippen LogP contribution in [0.25, 0.3) is 0 Å². The fourth-order valence-electron chi connectivity index (χ4n) is 3.04. The second-order valence-corrected chi connectivity index (χ2v) is 26.6. The summed E-state index contributed by atoms with van der Waals surface area (Å²) in [7, 11) is -5.77. The molecule has 0 aromatic rings. The van der Waals surface area contributed by atoms with Crippen molar-refractivity contribution >= 4 is 25.0 Å². The summed E-state index contributed by atoms with van der Waals surface area (Å²) in [6, 6.07) is 0. The van der Waals surface area contributed by atoms with Crippen molar-refractivity contribution in [3.63, 3.8) is 0 Å². The molecular weight excluding hydrogens is 400 g/mol. The normalized spacial score (nSPS) is 28.5. The number of rotatable bonds is 6. The quantitative estimate of drug-likeness (QED) is 0.496. The Labute approximate surface area is 178 Å². The van der Waals surface area contributed by atoms with Crippen LogP contribution in [0.15, 0.2) is 0 Å². The fourth-order valence-corrected chi connectivity index (χ4v) is 6.84. The highest BCUT2D eigenvalue weighted by Crippen LogP contribution is 2.43. The number of aliphatic hydroxyl groups is 1. The van der Waals surface area contributed by atoms with Crippen molar-refractivity contribution in [2.45, 2.75) is 135 Å². The molecule has 28 heavy (non-hydrogen) atoms. The molecule has 0 saturated heterocycles. The molecule has 0 spiro atoms. The second kappa shape index (κ2) is 8.55. The molecule has 0 amide bonds. The first kappa shape index (κ1) is 26.5. The van der Waals surface area contributed by atoms with E-state index in [0.29, 0.717) is 12.8 Å². The summed E-state index contributed by atoms with van der Waals surface area (Å²) in [5.41, 5.74) is 0. The summed E-state index contributed by atoms with van der Waals surface area (Å²) in [4.78, 5) is 0. The molecule has 2 atom stereocenters. The van der Waals surface area contributed by atoms with E-state index >= 15 is 0 Å². The summed E-state index contributed by atoms with van der Waals surface area (Å²) in [5.74, 6) is 0. The van der Waals surface area contributed by atoms with Crippen molar-refractivity contribution in [2.24, 2.45) is 0 Å². The van der Waals surface area contributed by atoms with E-state index in [1.807, 2.05) is 0 Å². The Morgan fingerprint density at radius 1 is 0.643 bits per heavy atom. The monoisotopic (exact) mass is 448 g/mol. The van der Waals surface area contributed by atoms with Gasteiger partial charge in [0.25, 0.3) is 0 Å². The molecule has 0 heterocycles. The van der Waals surface area contributed by atoms with Crippen molar-refractivity contribution in [3.05, 3.63) is 0 Å². The Morgan fingerprint density at radius 2 is 0.964 bits per heavy atom. The summed E-state index contributed by atoms with van der Waals surface area (Å²) >= 11 is 0. The van der Waals surface area contributed by atoms with Crippen LogP contribution in [-0.2, 0) is 13.3 Å². The third kappa shape index (κ3) is 7.03. The highest BCUT2D eigenvalue weighted by Gasteiger charge is 2.49. The van der Waals surface area contributed by atoms with E-state index in [0.717, 1.165) is 0 Å². The van der Waals surface area contributed by atoms with Gasteiger partial charge in [-0.15, -0.1) is 0 Å². The van der Waals surface area contributed by atoms with E-state index in [9.17, 15) is 5.11 Å². The molecule has 1 aliphatic carbocycles. The van der Waals surface area contributed by atoms with Gasteiger partial charge in [0.15, 0.2) is 25.0 Å². The molecule has 0 aromatic carbocycles. The zero-order valence-electron chi connectivity index (χ0n) is 20.9. The number of aliphatic hydroxyl groups excluding tert-OH is 1. The summed E-state index contributed by atoms with van der Waals surface area (Å²) in [6.07, 6.45) is 0.569. The van der Waals surface area contributed by atoms with Gasteiger partial charge in [-0.25, -0.2) is 0 Å². The van der Waals surface area contributed by atoms with Gasteiger partial charge in [-0.1, -0.05) is 41.5 Å². The van der Waals surface area contributed by atoms with Gasteiger partial charge in [0, 0.05) is 12.8 Å². The van der Waals surface area contributed by atoms with Crippen LogP contribution in [0.2, 0.25) is 55.9 Å². The van der Waals surface area contributed by atoms with Crippen molar-refractivity contribution in [1.82, 2.24) is 0 Å². The van der Waals surface area contributed by atoms with Gasteiger partial charge in [0.1, 0.15) is 0 Å². The van der Waals surface area contributed by atoms with Gasteiger partial charge < -0.3 is 18.4 Å². The van der Waals surface area contributed by atoms with Gasteiger partial charge in [-0.2, -0.15) is 0 Å². The van der Waals surface area contributed by atoms with Crippen LogP contribution in [0, 0.1) is 0 Å². The van der Waals surface area contributed by atoms with Crippen LogP contribution in [0.4, 0.5) is 0 Å². The van der Waals surface area contributed by atoms with Gasteiger partial charge in [-0.3, -0.25) is 0 Å². The number of hydrogen-bond donors (Lipinski definition) is 1. The molecule has 0 radical (unpaired) electrons. The smallest absolute Gasteiger partial charge is 0.192 e. The summed E-state index contributed by atoms with van der Waals surface area (Å²) < 4.78 is 20.3. The molecule has 1 N–H and O–H groups in total. The van der Waals surface area contributed by atoms with Gasteiger partial charge in [-0.05, 0) is 55.9 Å². The SMILES string of the molecule is CC(C)(C)[Si](C)(C)OC1CC(O)CC(O[Si](C)(C)C(C)(C)C)C1O[Si](C)(C)C. The van der Waals surface area contributed by atoms with Crippen LogP contribution < -0.4 is 0 Å². The van der Waals surface area contributed by atoms with Gasteiger partial charge in [0.2, 0.25) is 0 Å². The molecule has 168 valence electrons. The lowest BCUT2D eigenvalue weighted by molar-refractivity contribution is -0.0985. The highest BCUT2D eigenvalue weighted by atomic mass is 28.4. The van der Waals surface area contributed by atoms with Crippen LogP contribution in [0.5, 0.6) is 0 Å². The molecule has 0 aromatic heterocycles. The fraction of sp³-hybridized carbons (Fsp3) is 1.00. The molecule has 1 fully saturated rings. The summed E-state index contributed by atoms with van der Waals surface area (Å²) in [6.45, 7) is 29.4. The lowest BCUT2D eigenvalue weighted by atomic mass is 9.90. The lowest BCUT2D eigenvalue weighted by Gasteiger charge is -2.50. The molecule has 0 bridgehead atoms. The van der Waals surface area contributed by atoms with Crippen LogP contribution in [0.1, 0.15) is 54.4 Å². The Kier molecular flexibility index (Phi) is 8.10. The zero-order valence-corrected chi connectivity index (χ0v) is 23.9. The van der Waals surface area contributed by atoms with Crippen LogP contribution >= 0.6 is 0 Å². The van der Waals surface area contributed by atoms with Gasteiger partial charge >= 0.3 is 0 Å². The van der Waals surface area contributed by atoms with E-state index < -0.39 is 31.1 Å².